The SMILES string of the molecule is C.C.CCN.CCNC(C)=O.CN=C=S.CNC(=S)Cc1ccccc1N.CNc1nc2ccccc2[nH]1.CNc1nc2ccccc2[nH]1.COC(C)=O.COC(C)=O.COC(C)=O.Nc1ccccc1N.[2H]C#C. The molecule has 0 radical (unpaired) electrons. The monoisotopic (exact) mass is 1070 g/mol. The van der Waals surface area contributed by atoms with Gasteiger partial charge in [0.15, 0.2) is 0 Å². The summed E-state index contributed by atoms with van der Waals surface area (Å²) in [6.45, 7) is 10.9. The fourth-order valence-corrected chi connectivity index (χ4v) is 4.01. The Balaban J connectivity index is -0.000000140. The topological polar surface area (TPSA) is 318 Å². The molecule has 0 aliphatic rings. The van der Waals surface area contributed by atoms with E-state index in [0.29, 0.717) is 11.4 Å². The van der Waals surface area contributed by atoms with Gasteiger partial charge in [-0.1, -0.05) is 88.6 Å². The summed E-state index contributed by atoms with van der Waals surface area (Å²) in [7, 11) is 11.1. The second kappa shape index (κ2) is 55.8. The van der Waals surface area contributed by atoms with E-state index >= 15 is 0 Å². The van der Waals surface area contributed by atoms with Gasteiger partial charge in [0.25, 0.3) is 0 Å². The van der Waals surface area contributed by atoms with Crippen LogP contribution in [0.4, 0.5) is 29.0 Å². The zero-order valence-electron chi connectivity index (χ0n) is 44.8. The van der Waals surface area contributed by atoms with Gasteiger partial charge in [0.1, 0.15) is 1.37 Å². The Morgan fingerprint density at radius 2 is 0.986 bits per heavy atom. The molecular weight excluding hydrogens is 983 g/mol. The lowest BCUT2D eigenvalue weighted by molar-refractivity contribution is -0.138. The van der Waals surface area contributed by atoms with Gasteiger partial charge in [0, 0.05) is 74.5 Å². The van der Waals surface area contributed by atoms with E-state index in [2.05, 4.69) is 84.2 Å². The Bertz CT molecular complexity index is 2280. The number of anilines is 5. The number of aliphatic imine (C=N–C) groups is 1. The van der Waals surface area contributed by atoms with Crippen LogP contribution in [0.1, 0.15) is 63.3 Å². The molecule has 6 rings (SSSR count). The molecule has 1 amide bonds. The predicted molar refractivity (Wildman–Crippen MR) is 319 cm³/mol. The Morgan fingerprint density at radius 1 is 0.689 bits per heavy atom. The summed E-state index contributed by atoms with van der Waals surface area (Å²) in [6, 6.07) is 30.9. The summed E-state index contributed by atoms with van der Waals surface area (Å²) in [4.78, 5) is 57.6. The van der Waals surface area contributed by atoms with Gasteiger partial charge >= 0.3 is 17.9 Å². The number of para-hydroxylation sites is 7. The van der Waals surface area contributed by atoms with Crippen molar-refractivity contribution < 1.29 is 34.8 Å². The van der Waals surface area contributed by atoms with Crippen molar-refractivity contribution in [1.82, 2.24) is 30.6 Å². The summed E-state index contributed by atoms with van der Waals surface area (Å²) < 4.78 is 18.1. The summed E-state index contributed by atoms with van der Waals surface area (Å²) in [6.07, 6.45) is 6.48. The summed E-state index contributed by atoms with van der Waals surface area (Å²) in [5.41, 5.74) is 28.7. The van der Waals surface area contributed by atoms with Crippen molar-refractivity contribution in [1.29, 1.82) is 0 Å². The van der Waals surface area contributed by atoms with Crippen LogP contribution >= 0.6 is 24.4 Å². The number of nitrogen functional groups attached to an aromatic ring is 3. The number of nitrogens with two attached hydrogens (primary N) is 4. The van der Waals surface area contributed by atoms with Crippen molar-refractivity contribution in [2.75, 3.05) is 90.4 Å². The smallest absolute Gasteiger partial charge is 0.302 e. The van der Waals surface area contributed by atoms with Crippen LogP contribution in [0, 0.1) is 12.8 Å². The Kier molecular flexibility index (Phi) is 58.4. The number of esters is 3. The maximum atomic E-state index is 9.93. The first-order chi connectivity index (χ1) is 34.7. The van der Waals surface area contributed by atoms with Gasteiger partial charge in [-0.3, -0.25) is 19.2 Å². The van der Waals surface area contributed by atoms with Crippen molar-refractivity contribution >= 4 is 109 Å². The van der Waals surface area contributed by atoms with Gasteiger partial charge in [0.2, 0.25) is 17.8 Å². The average Bonchev–Trinajstić information content (AvgIpc) is 4.02. The minimum Gasteiger partial charge on any atom is -0.469 e. The predicted octanol–water partition coefficient (Wildman–Crippen LogP) is 8.30. The number of methoxy groups -OCH3 is 3. The Hall–Kier alpha value is -8.09. The number of carbonyl (C=O) groups excluding carboxylic acids is 4. The Labute approximate surface area is 452 Å². The van der Waals surface area contributed by atoms with Crippen LogP contribution in [0.5, 0.6) is 0 Å². The van der Waals surface area contributed by atoms with Gasteiger partial charge in [-0.2, -0.15) is 0 Å². The summed E-state index contributed by atoms with van der Waals surface area (Å²) in [5, 5.41) is 13.5. The molecule has 0 saturated carbocycles. The molecule has 0 spiro atoms. The molecule has 2 aromatic heterocycles. The van der Waals surface area contributed by atoms with Gasteiger partial charge < -0.3 is 68.4 Å². The molecule has 0 aliphatic carbocycles. The fraction of sp³-hybridized carbons (Fsp3) is 0.346. The standard InChI is InChI=1S/C9H12N2S.2C8H9N3.C6H8N2.C4H9NO.3C3H6O2.C2H3NS.C2H7N.C2H2.2CH4/c1-11-9(12)6-7-4-2-3-5-8(7)10;2*1-9-8-10-6-4-2-3-5-7(6)11-8;7-5-3-1-2-4-6(5)8;1-3-5-4(2)6;3*1-3(4)5-2;1-3-2-4;1-2-3;1-2;;/h2-5H,6,10H2,1H3,(H,11,12);2*2-5H,1H3,(H2,9,10,11);1-4H,7-8H2;3H2,1-2H3,(H,5,6);3*1-2H3;1H3;2-3H2,1H3;1-2H;2*1H4/i;;;;;;;;;;1D;;. The molecule has 20 nitrogen and oxygen atoms in total. The zero-order valence-corrected chi connectivity index (χ0v) is 45.4. The number of isothiocyanates is 1. The highest BCUT2D eigenvalue weighted by atomic mass is 32.1. The summed E-state index contributed by atoms with van der Waals surface area (Å²) in [5.74, 6) is 0.926. The van der Waals surface area contributed by atoms with Crippen LogP contribution in [0.3, 0.4) is 0 Å². The second-order valence-electron chi connectivity index (χ2n) is 12.8. The molecule has 2 heterocycles. The number of H-pyrrole nitrogens is 2. The molecule has 0 atom stereocenters. The molecule has 4 aromatic carbocycles. The number of benzene rings is 4. The number of aromatic amines is 2. The van der Waals surface area contributed by atoms with Gasteiger partial charge in [-0.05, 0) is 73.7 Å². The molecular formula is C52H85N13O7S2. The van der Waals surface area contributed by atoms with E-state index < -0.39 is 0 Å². The molecule has 0 fully saturated rings. The number of thiocarbonyl (C=S) groups is 2. The summed E-state index contributed by atoms with van der Waals surface area (Å²) >= 11 is 9.17. The minimum absolute atomic E-state index is 0. The molecule has 22 heteroatoms. The van der Waals surface area contributed by atoms with Crippen molar-refractivity contribution in [2.24, 2.45) is 10.7 Å². The number of imidazole rings is 2. The van der Waals surface area contributed by atoms with Crippen LogP contribution in [-0.4, -0.2) is 117 Å². The molecule has 0 unspecified atom stereocenters. The fourth-order valence-electron chi connectivity index (χ4n) is 3.86. The van der Waals surface area contributed by atoms with E-state index in [0.717, 1.165) is 69.7 Å². The lowest BCUT2D eigenvalue weighted by Crippen LogP contribution is -2.18. The van der Waals surface area contributed by atoms with Gasteiger partial charge in [0.05, 0.1) is 64.9 Å². The minimum atomic E-state index is -0.245. The number of amides is 1. The number of rotatable bonds is 5. The molecule has 74 heavy (non-hydrogen) atoms. The van der Waals surface area contributed by atoms with Crippen molar-refractivity contribution in [3.8, 4) is 12.8 Å². The third-order valence-corrected chi connectivity index (χ3v) is 7.84. The molecule has 14 N–H and O–H groups in total. The molecule has 0 aliphatic heterocycles. The van der Waals surface area contributed by atoms with Crippen LogP contribution in [0.25, 0.3) is 22.1 Å². The van der Waals surface area contributed by atoms with Gasteiger partial charge in [-0.15, -0.1) is 12.8 Å². The maximum Gasteiger partial charge on any atom is 0.302 e. The van der Waals surface area contributed by atoms with Crippen molar-refractivity contribution in [3.05, 3.63) is 103 Å². The third-order valence-electron chi connectivity index (χ3n) is 7.31. The number of fused-ring (bicyclic) bond motifs is 2. The normalized spacial score (nSPS) is 8.15. The number of terminal acetylenes is 1. The van der Waals surface area contributed by atoms with Crippen molar-refractivity contribution in [3.63, 3.8) is 0 Å². The Morgan fingerprint density at radius 3 is 1.20 bits per heavy atom. The number of nitrogens with one attached hydrogen (secondary N) is 6. The maximum absolute atomic E-state index is 9.93. The van der Waals surface area contributed by atoms with Crippen LogP contribution in [-0.2, 0) is 39.8 Å². The third kappa shape index (κ3) is 48.9. The number of hydrogen-bond acceptors (Lipinski definition) is 18. The number of nitrogens with zero attached hydrogens (tertiary/aromatic N) is 3. The van der Waals surface area contributed by atoms with E-state index in [1.54, 1.807) is 19.2 Å². The highest BCUT2D eigenvalue weighted by Crippen LogP contribution is 2.14. The molecule has 0 bridgehead atoms. The van der Waals surface area contributed by atoms with Crippen LogP contribution in [0.2, 0.25) is 0 Å². The number of aromatic nitrogens is 4. The highest BCUT2D eigenvalue weighted by molar-refractivity contribution is 7.80. The number of likely N-dealkylation sites (N-methyl/N-ethyl adjacent to an activating group) is 1. The van der Waals surface area contributed by atoms with Gasteiger partial charge in [-0.25, -0.2) is 15.0 Å². The zero-order chi connectivity index (χ0) is 57.0. The van der Waals surface area contributed by atoms with E-state index in [9.17, 15) is 19.2 Å². The molecule has 412 valence electrons. The first-order valence-corrected chi connectivity index (χ1v) is 22.3. The lowest BCUT2D eigenvalue weighted by atomic mass is 10.1. The number of carbonyl (C=O) groups is 4. The van der Waals surface area contributed by atoms with E-state index in [1.807, 2.05) is 120 Å². The van der Waals surface area contributed by atoms with E-state index in [-0.39, 0.29) is 38.7 Å². The number of hydrogen-bond donors (Lipinski definition) is 10. The highest BCUT2D eigenvalue weighted by Gasteiger charge is 2.00. The largest absolute Gasteiger partial charge is 0.469 e. The molecule has 6 aromatic rings. The van der Waals surface area contributed by atoms with Crippen LogP contribution < -0.4 is 44.2 Å². The van der Waals surface area contributed by atoms with Crippen LogP contribution in [0.15, 0.2) is 102 Å². The van der Waals surface area contributed by atoms with E-state index in [4.69, 9.17) is 36.5 Å². The first-order valence-electron chi connectivity index (χ1n) is 22.0. The number of ether oxygens (including phenoxy) is 3. The first kappa shape index (κ1) is 77.4. The van der Waals surface area contributed by atoms with Crippen molar-refractivity contribution in [2.45, 2.75) is 62.8 Å². The quantitative estimate of drug-likeness (QED) is 0.0194. The van der Waals surface area contributed by atoms with E-state index in [1.165, 1.54) is 55.4 Å². The average molecular weight is 1070 g/mol. The lowest BCUT2D eigenvalue weighted by Gasteiger charge is -2.05. The second-order valence-corrected chi connectivity index (χ2v) is 13.5. The molecule has 0 saturated heterocycles.